The molecule has 0 aliphatic heterocycles. The zero-order chi connectivity index (χ0) is 14.3. The monoisotopic (exact) mass is 286 g/mol. The van der Waals surface area contributed by atoms with Gasteiger partial charge in [0.05, 0.1) is 16.6 Å². The second-order valence-electron chi connectivity index (χ2n) is 4.78. The molecule has 0 spiro atoms. The number of phenolic OH excluding ortho intramolecular Hbond substituents is 1. The molecule has 0 unspecified atom stereocenters. The predicted molar refractivity (Wildman–Crippen MR) is 82.3 cm³/mol. The number of nitrogens with zero attached hydrogens (tertiary/aromatic N) is 2. The van der Waals surface area contributed by atoms with E-state index in [1.54, 1.807) is 0 Å². The minimum atomic E-state index is 0.281. The molecule has 0 bridgehead atoms. The summed E-state index contributed by atoms with van der Waals surface area (Å²) in [7, 11) is 0. The summed E-state index contributed by atoms with van der Waals surface area (Å²) in [5.41, 5.74) is 3.46. The van der Waals surface area contributed by atoms with Crippen LogP contribution >= 0.6 is 11.6 Å². The van der Waals surface area contributed by atoms with Crippen LogP contribution in [0.2, 0.25) is 5.02 Å². The zero-order valence-electron chi connectivity index (χ0n) is 11.4. The smallest absolute Gasteiger partial charge is 0.144 e. The minimum Gasteiger partial charge on any atom is -0.507 e. The molecule has 3 rings (SSSR count). The fraction of sp³-hybridized carbons (Fsp3) is 0.188. The number of phenols is 1. The van der Waals surface area contributed by atoms with Crippen molar-refractivity contribution in [1.29, 1.82) is 0 Å². The van der Waals surface area contributed by atoms with Gasteiger partial charge in [-0.3, -0.25) is 0 Å². The van der Waals surface area contributed by atoms with Crippen molar-refractivity contribution in [2.75, 3.05) is 0 Å². The number of fused-ring (bicyclic) bond motifs is 1. The number of hydrogen-bond donors (Lipinski definition) is 1. The third kappa shape index (κ3) is 1.95. The Morgan fingerprint density at radius 1 is 1.25 bits per heavy atom. The highest BCUT2D eigenvalue weighted by atomic mass is 35.5. The van der Waals surface area contributed by atoms with E-state index in [1.165, 1.54) is 0 Å². The van der Waals surface area contributed by atoms with Crippen molar-refractivity contribution in [2.24, 2.45) is 0 Å². The van der Waals surface area contributed by atoms with Crippen LogP contribution in [0.1, 0.15) is 12.5 Å². The summed E-state index contributed by atoms with van der Waals surface area (Å²) < 4.78 is 2.08. The highest BCUT2D eigenvalue weighted by Gasteiger charge is 2.15. The van der Waals surface area contributed by atoms with E-state index in [2.05, 4.69) is 16.5 Å². The van der Waals surface area contributed by atoms with E-state index in [1.807, 2.05) is 43.3 Å². The second kappa shape index (κ2) is 4.84. The molecule has 0 radical (unpaired) electrons. The molecule has 1 N–H and O–H groups in total. The molecule has 1 aromatic heterocycles. The summed E-state index contributed by atoms with van der Waals surface area (Å²) in [5.74, 6) is 1.05. The van der Waals surface area contributed by atoms with Crippen molar-refractivity contribution in [3.05, 3.63) is 47.0 Å². The normalized spacial score (nSPS) is 11.2. The van der Waals surface area contributed by atoms with Crippen LogP contribution in [-0.4, -0.2) is 14.7 Å². The Labute approximate surface area is 122 Å². The van der Waals surface area contributed by atoms with E-state index in [-0.39, 0.29) is 5.75 Å². The molecule has 20 heavy (non-hydrogen) atoms. The number of benzene rings is 2. The minimum absolute atomic E-state index is 0.281. The molecule has 0 amide bonds. The molecule has 0 aliphatic rings. The van der Waals surface area contributed by atoms with Gasteiger partial charge in [-0.1, -0.05) is 23.7 Å². The van der Waals surface area contributed by atoms with Crippen molar-refractivity contribution in [3.8, 4) is 17.1 Å². The first-order valence-corrected chi connectivity index (χ1v) is 6.94. The fourth-order valence-electron chi connectivity index (χ4n) is 2.47. The molecular weight excluding hydrogens is 272 g/mol. The highest BCUT2D eigenvalue weighted by Crippen LogP contribution is 2.33. The van der Waals surface area contributed by atoms with Gasteiger partial charge in [0.1, 0.15) is 11.6 Å². The third-order valence-corrected chi connectivity index (χ3v) is 3.74. The number of aryl methyl sites for hydroxylation is 2. The van der Waals surface area contributed by atoms with Crippen LogP contribution in [0.4, 0.5) is 0 Å². The van der Waals surface area contributed by atoms with Crippen molar-refractivity contribution in [1.82, 2.24) is 9.55 Å². The van der Waals surface area contributed by atoms with E-state index >= 15 is 0 Å². The summed E-state index contributed by atoms with van der Waals surface area (Å²) in [6, 6.07) is 11.4. The van der Waals surface area contributed by atoms with Crippen LogP contribution < -0.4 is 0 Å². The Bertz CT molecular complexity index is 793. The van der Waals surface area contributed by atoms with Crippen LogP contribution in [0.15, 0.2) is 36.4 Å². The Hall–Kier alpha value is -2.00. The first-order valence-electron chi connectivity index (χ1n) is 6.56. The third-order valence-electron chi connectivity index (χ3n) is 3.51. The summed E-state index contributed by atoms with van der Waals surface area (Å²) in [6.07, 6.45) is 0. The lowest BCUT2D eigenvalue weighted by atomic mass is 10.1. The molecule has 0 fully saturated rings. The van der Waals surface area contributed by atoms with Gasteiger partial charge in [0.25, 0.3) is 0 Å². The number of aromatic hydroxyl groups is 1. The Kier molecular flexibility index (Phi) is 3.14. The fourth-order valence-corrected chi connectivity index (χ4v) is 2.63. The standard InChI is InChI=1S/C16H15ClN2O/c1-3-19-14-8-7-11(17)9-13(14)18-16(19)12-6-4-5-10(2)15(12)20/h4-9,20H,3H2,1-2H3. The van der Waals surface area contributed by atoms with Crippen LogP contribution in [0, 0.1) is 6.92 Å². The molecule has 3 nitrogen and oxygen atoms in total. The molecular formula is C16H15ClN2O. The van der Waals surface area contributed by atoms with Crippen LogP contribution in [0.5, 0.6) is 5.75 Å². The molecule has 4 heteroatoms. The summed E-state index contributed by atoms with van der Waals surface area (Å²) >= 11 is 6.03. The SMILES string of the molecule is CCn1c(-c2cccc(C)c2O)nc2cc(Cl)ccc21. The maximum Gasteiger partial charge on any atom is 0.144 e. The summed E-state index contributed by atoms with van der Waals surface area (Å²) in [5, 5.41) is 10.9. The van der Waals surface area contributed by atoms with E-state index in [4.69, 9.17) is 11.6 Å². The Morgan fingerprint density at radius 3 is 2.80 bits per heavy atom. The molecule has 2 aromatic carbocycles. The van der Waals surface area contributed by atoms with Gasteiger partial charge in [0.15, 0.2) is 0 Å². The lowest BCUT2D eigenvalue weighted by molar-refractivity contribution is 0.472. The average molecular weight is 287 g/mol. The summed E-state index contributed by atoms with van der Waals surface area (Å²) in [4.78, 5) is 4.64. The maximum atomic E-state index is 10.3. The van der Waals surface area contributed by atoms with Gasteiger partial charge in [0, 0.05) is 11.6 Å². The van der Waals surface area contributed by atoms with Gasteiger partial charge < -0.3 is 9.67 Å². The first kappa shape index (κ1) is 13.0. The number of halogens is 1. The van der Waals surface area contributed by atoms with E-state index < -0.39 is 0 Å². The molecule has 0 saturated carbocycles. The molecule has 102 valence electrons. The largest absolute Gasteiger partial charge is 0.507 e. The summed E-state index contributed by atoms with van der Waals surface area (Å²) in [6.45, 7) is 4.72. The van der Waals surface area contributed by atoms with E-state index in [0.29, 0.717) is 5.02 Å². The van der Waals surface area contributed by atoms with Crippen molar-refractivity contribution in [3.63, 3.8) is 0 Å². The molecule has 0 aliphatic carbocycles. The predicted octanol–water partition coefficient (Wildman–Crippen LogP) is 4.39. The van der Waals surface area contributed by atoms with E-state index in [9.17, 15) is 5.11 Å². The van der Waals surface area contributed by atoms with Gasteiger partial charge in [-0.05, 0) is 43.7 Å². The molecule has 0 atom stereocenters. The maximum absolute atomic E-state index is 10.3. The lowest BCUT2D eigenvalue weighted by Crippen LogP contribution is -1.98. The first-order chi connectivity index (χ1) is 9.61. The molecule has 0 saturated heterocycles. The Balaban J connectivity index is 2.33. The number of hydrogen-bond acceptors (Lipinski definition) is 2. The number of rotatable bonds is 2. The average Bonchev–Trinajstić information content (AvgIpc) is 2.79. The highest BCUT2D eigenvalue weighted by molar-refractivity contribution is 6.31. The van der Waals surface area contributed by atoms with Gasteiger partial charge in [-0.25, -0.2) is 4.98 Å². The number of para-hydroxylation sites is 1. The topological polar surface area (TPSA) is 38.0 Å². The quantitative estimate of drug-likeness (QED) is 0.759. The van der Waals surface area contributed by atoms with Crippen LogP contribution in [0.25, 0.3) is 22.4 Å². The van der Waals surface area contributed by atoms with Gasteiger partial charge >= 0.3 is 0 Å². The van der Waals surface area contributed by atoms with Crippen molar-refractivity contribution >= 4 is 22.6 Å². The number of aromatic nitrogens is 2. The van der Waals surface area contributed by atoms with E-state index in [0.717, 1.165) is 34.5 Å². The zero-order valence-corrected chi connectivity index (χ0v) is 12.1. The lowest BCUT2D eigenvalue weighted by Gasteiger charge is -2.09. The van der Waals surface area contributed by atoms with Crippen LogP contribution in [-0.2, 0) is 6.54 Å². The van der Waals surface area contributed by atoms with Gasteiger partial charge in [-0.2, -0.15) is 0 Å². The van der Waals surface area contributed by atoms with Gasteiger partial charge in [-0.15, -0.1) is 0 Å². The molecule has 3 aromatic rings. The van der Waals surface area contributed by atoms with Crippen molar-refractivity contribution < 1.29 is 5.11 Å². The second-order valence-corrected chi connectivity index (χ2v) is 5.22. The van der Waals surface area contributed by atoms with Gasteiger partial charge in [0.2, 0.25) is 0 Å². The van der Waals surface area contributed by atoms with Crippen LogP contribution in [0.3, 0.4) is 0 Å². The number of imidazole rings is 1. The molecule has 1 heterocycles. The van der Waals surface area contributed by atoms with Crippen molar-refractivity contribution in [2.45, 2.75) is 20.4 Å². The Morgan fingerprint density at radius 2 is 2.05 bits per heavy atom.